The molecule has 5 heteroatoms. The van der Waals surface area contributed by atoms with E-state index in [9.17, 15) is 4.79 Å². The van der Waals surface area contributed by atoms with Crippen molar-refractivity contribution in [2.75, 3.05) is 7.11 Å². The lowest BCUT2D eigenvalue weighted by Gasteiger charge is -2.06. The SMILES string of the molecule is COc1cc(C)nc(-n2cccc2C=O)n1. The number of nitrogens with zero attached hydrogens (tertiary/aromatic N) is 3. The highest BCUT2D eigenvalue weighted by atomic mass is 16.5. The Morgan fingerprint density at radius 2 is 2.25 bits per heavy atom. The zero-order chi connectivity index (χ0) is 11.5. The van der Waals surface area contributed by atoms with Crippen molar-refractivity contribution < 1.29 is 9.53 Å². The predicted octanol–water partition coefficient (Wildman–Crippen LogP) is 1.40. The molecule has 0 aliphatic heterocycles. The minimum absolute atomic E-state index is 0.434. The second kappa shape index (κ2) is 4.14. The molecule has 0 N–H and O–H groups in total. The van der Waals surface area contributed by atoms with Crippen molar-refractivity contribution in [2.45, 2.75) is 6.92 Å². The van der Waals surface area contributed by atoms with E-state index < -0.39 is 0 Å². The van der Waals surface area contributed by atoms with Crippen LogP contribution in [0.3, 0.4) is 0 Å². The maximum absolute atomic E-state index is 10.8. The van der Waals surface area contributed by atoms with Crippen molar-refractivity contribution in [3.05, 3.63) is 35.8 Å². The van der Waals surface area contributed by atoms with Gasteiger partial charge in [0.1, 0.15) is 0 Å². The topological polar surface area (TPSA) is 57.0 Å². The van der Waals surface area contributed by atoms with Crippen LogP contribution in [0.5, 0.6) is 5.88 Å². The van der Waals surface area contributed by atoms with E-state index in [-0.39, 0.29) is 0 Å². The van der Waals surface area contributed by atoms with E-state index in [0.717, 1.165) is 12.0 Å². The van der Waals surface area contributed by atoms with Gasteiger partial charge in [0.15, 0.2) is 6.29 Å². The summed E-state index contributed by atoms with van der Waals surface area (Å²) in [6.07, 6.45) is 2.50. The van der Waals surface area contributed by atoms with Gasteiger partial charge >= 0.3 is 0 Å². The summed E-state index contributed by atoms with van der Waals surface area (Å²) in [6, 6.07) is 5.20. The fraction of sp³-hybridized carbons (Fsp3) is 0.182. The predicted molar refractivity (Wildman–Crippen MR) is 58.0 cm³/mol. The monoisotopic (exact) mass is 217 g/mol. The second-order valence-electron chi connectivity index (χ2n) is 3.27. The third-order valence-electron chi connectivity index (χ3n) is 2.14. The molecule has 0 saturated heterocycles. The van der Waals surface area contributed by atoms with Crippen LogP contribution in [0.4, 0.5) is 0 Å². The first kappa shape index (κ1) is 10.4. The molecule has 5 nitrogen and oxygen atoms in total. The Hall–Kier alpha value is -2.17. The maximum Gasteiger partial charge on any atom is 0.237 e. The van der Waals surface area contributed by atoms with E-state index in [1.54, 1.807) is 36.1 Å². The van der Waals surface area contributed by atoms with Gasteiger partial charge in [-0.05, 0) is 19.1 Å². The molecule has 2 heterocycles. The summed E-state index contributed by atoms with van der Waals surface area (Å²) in [5.41, 5.74) is 1.29. The molecule has 0 amide bonds. The lowest BCUT2D eigenvalue weighted by atomic mass is 10.4. The summed E-state index contributed by atoms with van der Waals surface area (Å²) < 4.78 is 6.67. The van der Waals surface area contributed by atoms with Gasteiger partial charge in [0.05, 0.1) is 12.8 Å². The number of ether oxygens (including phenoxy) is 1. The van der Waals surface area contributed by atoms with Crippen LogP contribution in [-0.2, 0) is 0 Å². The van der Waals surface area contributed by atoms with Gasteiger partial charge in [0.25, 0.3) is 0 Å². The zero-order valence-electron chi connectivity index (χ0n) is 9.04. The van der Waals surface area contributed by atoms with Crippen LogP contribution in [0.1, 0.15) is 16.2 Å². The lowest BCUT2D eigenvalue weighted by molar-refractivity contribution is 0.111. The van der Waals surface area contributed by atoms with Crippen molar-refractivity contribution in [3.8, 4) is 11.8 Å². The van der Waals surface area contributed by atoms with Crippen LogP contribution >= 0.6 is 0 Å². The number of carbonyl (C=O) groups excluding carboxylic acids is 1. The Bertz CT molecular complexity index is 520. The molecule has 0 unspecified atom stereocenters. The summed E-state index contributed by atoms with van der Waals surface area (Å²) in [5, 5.41) is 0. The first-order chi connectivity index (χ1) is 7.74. The molecule has 0 spiro atoms. The van der Waals surface area contributed by atoms with Crippen LogP contribution in [0.15, 0.2) is 24.4 Å². The Labute approximate surface area is 92.7 Å². The molecule has 2 aromatic rings. The Balaban J connectivity index is 2.55. The van der Waals surface area contributed by atoms with Gasteiger partial charge in [-0.1, -0.05) is 0 Å². The van der Waals surface area contributed by atoms with E-state index in [1.165, 1.54) is 0 Å². The second-order valence-corrected chi connectivity index (χ2v) is 3.27. The van der Waals surface area contributed by atoms with Gasteiger partial charge in [-0.15, -0.1) is 0 Å². The number of aryl methyl sites for hydroxylation is 1. The third-order valence-corrected chi connectivity index (χ3v) is 2.14. The molecule has 0 bridgehead atoms. The summed E-state index contributed by atoms with van der Waals surface area (Å²) in [6.45, 7) is 1.85. The van der Waals surface area contributed by atoms with Gasteiger partial charge in [0, 0.05) is 18.0 Å². The molecule has 82 valence electrons. The highest BCUT2D eigenvalue weighted by Gasteiger charge is 2.07. The van der Waals surface area contributed by atoms with Crippen LogP contribution < -0.4 is 4.74 Å². The number of aromatic nitrogens is 3. The molecular formula is C11H11N3O2. The molecule has 2 aromatic heterocycles. The van der Waals surface area contributed by atoms with E-state index >= 15 is 0 Å². The van der Waals surface area contributed by atoms with Crippen LogP contribution in [0.25, 0.3) is 5.95 Å². The molecule has 0 aliphatic rings. The average Bonchev–Trinajstić information content (AvgIpc) is 2.76. The van der Waals surface area contributed by atoms with Gasteiger partial charge in [-0.3, -0.25) is 9.36 Å². The summed E-state index contributed by atoms with van der Waals surface area (Å²) in [7, 11) is 1.54. The van der Waals surface area contributed by atoms with Crippen molar-refractivity contribution in [2.24, 2.45) is 0 Å². The zero-order valence-corrected chi connectivity index (χ0v) is 9.04. The average molecular weight is 217 g/mol. The highest BCUT2D eigenvalue weighted by Crippen LogP contribution is 2.13. The standard InChI is InChI=1S/C11H11N3O2/c1-8-6-10(16-2)13-11(12-8)14-5-3-4-9(14)7-15/h3-7H,1-2H3. The first-order valence-electron chi connectivity index (χ1n) is 4.77. The molecule has 2 rings (SSSR count). The van der Waals surface area contributed by atoms with Crippen molar-refractivity contribution in [1.29, 1.82) is 0 Å². The van der Waals surface area contributed by atoms with Crippen molar-refractivity contribution in [1.82, 2.24) is 14.5 Å². The smallest absolute Gasteiger partial charge is 0.237 e. The fourth-order valence-corrected chi connectivity index (χ4v) is 1.41. The molecule has 0 radical (unpaired) electrons. The first-order valence-corrected chi connectivity index (χ1v) is 4.77. The quantitative estimate of drug-likeness (QED) is 0.729. The molecule has 0 aliphatic carbocycles. The van der Waals surface area contributed by atoms with E-state index in [1.807, 2.05) is 6.92 Å². The van der Waals surface area contributed by atoms with E-state index in [2.05, 4.69) is 9.97 Å². The molecule has 0 saturated carbocycles. The van der Waals surface area contributed by atoms with Gasteiger partial charge in [-0.25, -0.2) is 4.98 Å². The Morgan fingerprint density at radius 1 is 1.44 bits per heavy atom. The number of hydrogen-bond donors (Lipinski definition) is 0. The van der Waals surface area contributed by atoms with Gasteiger partial charge < -0.3 is 4.74 Å². The van der Waals surface area contributed by atoms with Gasteiger partial charge in [0.2, 0.25) is 11.8 Å². The Kier molecular flexibility index (Phi) is 2.68. The highest BCUT2D eigenvalue weighted by molar-refractivity contribution is 5.73. The lowest BCUT2D eigenvalue weighted by Crippen LogP contribution is -2.05. The summed E-state index contributed by atoms with van der Waals surface area (Å²) >= 11 is 0. The van der Waals surface area contributed by atoms with E-state index in [4.69, 9.17) is 4.74 Å². The summed E-state index contributed by atoms with van der Waals surface area (Å²) in [4.78, 5) is 19.2. The fourth-order valence-electron chi connectivity index (χ4n) is 1.41. The van der Waals surface area contributed by atoms with Gasteiger partial charge in [-0.2, -0.15) is 4.98 Å². The minimum atomic E-state index is 0.434. The molecular weight excluding hydrogens is 206 g/mol. The number of methoxy groups -OCH3 is 1. The third kappa shape index (κ3) is 1.79. The van der Waals surface area contributed by atoms with Crippen LogP contribution in [0.2, 0.25) is 0 Å². The molecule has 0 fully saturated rings. The normalized spacial score (nSPS) is 10.1. The number of rotatable bonds is 3. The van der Waals surface area contributed by atoms with E-state index in [0.29, 0.717) is 17.5 Å². The number of aldehydes is 1. The van der Waals surface area contributed by atoms with Crippen molar-refractivity contribution >= 4 is 6.29 Å². The van der Waals surface area contributed by atoms with Crippen molar-refractivity contribution in [3.63, 3.8) is 0 Å². The maximum atomic E-state index is 10.8. The minimum Gasteiger partial charge on any atom is -0.481 e. The Morgan fingerprint density at radius 3 is 2.94 bits per heavy atom. The molecule has 16 heavy (non-hydrogen) atoms. The van der Waals surface area contributed by atoms with Crippen LogP contribution in [-0.4, -0.2) is 27.9 Å². The van der Waals surface area contributed by atoms with Crippen LogP contribution in [0, 0.1) is 6.92 Å². The molecule has 0 aromatic carbocycles. The number of hydrogen-bond acceptors (Lipinski definition) is 4. The number of carbonyl (C=O) groups is 1. The largest absolute Gasteiger partial charge is 0.481 e. The molecule has 0 atom stereocenters. The summed E-state index contributed by atoms with van der Waals surface area (Å²) in [5.74, 6) is 0.914.